The highest BCUT2D eigenvalue weighted by atomic mass is 32.2. The molecule has 0 fully saturated rings. The number of sulfone groups is 1. The van der Waals surface area contributed by atoms with E-state index in [-0.39, 0.29) is 0 Å². The Hall–Kier alpha value is -1.81. The Morgan fingerprint density at radius 2 is 1.37 bits per heavy atom. The number of anilines is 1. The Morgan fingerprint density at radius 1 is 0.895 bits per heavy atom. The minimum absolute atomic E-state index is 0.314. The highest BCUT2D eigenvalue weighted by Gasteiger charge is 2.22. The predicted octanol–water partition coefficient (Wildman–Crippen LogP) is 3.03. The van der Waals surface area contributed by atoms with Gasteiger partial charge in [-0.15, -0.1) is 0 Å². The van der Waals surface area contributed by atoms with Crippen LogP contribution in [0, 0.1) is 20.8 Å². The molecule has 2 aromatic rings. The molecule has 0 aliphatic rings. The van der Waals surface area contributed by atoms with Gasteiger partial charge in [-0.05, 0) is 56.2 Å². The largest absolute Gasteiger partial charge is 0.399 e. The zero-order valence-corrected chi connectivity index (χ0v) is 12.1. The topological polar surface area (TPSA) is 60.2 Å². The molecular weight excluding hydrogens is 258 g/mol. The zero-order chi connectivity index (χ0) is 14.2. The maximum atomic E-state index is 12.7. The molecule has 2 aromatic carbocycles. The zero-order valence-electron chi connectivity index (χ0n) is 11.3. The molecule has 100 valence electrons. The molecule has 0 aromatic heterocycles. The maximum absolute atomic E-state index is 12.7. The van der Waals surface area contributed by atoms with Crippen molar-refractivity contribution in [3.63, 3.8) is 0 Å². The van der Waals surface area contributed by atoms with Gasteiger partial charge in [-0.25, -0.2) is 8.42 Å². The third-order valence-electron chi connectivity index (χ3n) is 3.08. The Morgan fingerprint density at radius 3 is 1.84 bits per heavy atom. The van der Waals surface area contributed by atoms with Crippen molar-refractivity contribution in [1.29, 1.82) is 0 Å². The molecule has 19 heavy (non-hydrogen) atoms. The van der Waals surface area contributed by atoms with E-state index in [1.807, 2.05) is 6.92 Å². The molecule has 0 aliphatic carbocycles. The van der Waals surface area contributed by atoms with Crippen LogP contribution in [0.1, 0.15) is 16.7 Å². The Kier molecular flexibility index (Phi) is 3.37. The summed E-state index contributed by atoms with van der Waals surface area (Å²) in [5.74, 6) is 0. The van der Waals surface area contributed by atoms with Crippen molar-refractivity contribution < 1.29 is 8.42 Å². The van der Waals surface area contributed by atoms with Gasteiger partial charge in [0.2, 0.25) is 9.84 Å². The van der Waals surface area contributed by atoms with Gasteiger partial charge < -0.3 is 5.73 Å². The number of hydrogen-bond donors (Lipinski definition) is 1. The van der Waals surface area contributed by atoms with Gasteiger partial charge in [0.1, 0.15) is 0 Å². The van der Waals surface area contributed by atoms with Crippen LogP contribution in [0.4, 0.5) is 5.69 Å². The molecule has 0 aliphatic heterocycles. The van der Waals surface area contributed by atoms with E-state index in [9.17, 15) is 8.42 Å². The standard InChI is InChI=1S/C15H17NO2S/c1-10-4-6-14(7-5-10)19(17,18)15-11(2)8-13(16)9-12(15)3/h4-9H,16H2,1-3H3. The van der Waals surface area contributed by atoms with Gasteiger partial charge >= 0.3 is 0 Å². The normalized spacial score (nSPS) is 11.5. The molecule has 0 atom stereocenters. The molecule has 0 radical (unpaired) electrons. The minimum Gasteiger partial charge on any atom is -0.399 e. The van der Waals surface area contributed by atoms with Gasteiger partial charge in [-0.3, -0.25) is 0 Å². The maximum Gasteiger partial charge on any atom is 0.207 e. The Labute approximate surface area is 114 Å². The van der Waals surface area contributed by atoms with Crippen molar-refractivity contribution >= 4 is 15.5 Å². The predicted molar refractivity (Wildman–Crippen MR) is 77.0 cm³/mol. The van der Waals surface area contributed by atoms with Crippen LogP contribution in [0.15, 0.2) is 46.2 Å². The molecule has 0 amide bonds. The molecule has 0 heterocycles. The summed E-state index contributed by atoms with van der Waals surface area (Å²) in [7, 11) is -3.49. The third kappa shape index (κ3) is 2.49. The summed E-state index contributed by atoms with van der Waals surface area (Å²) >= 11 is 0. The molecule has 0 saturated heterocycles. The highest BCUT2D eigenvalue weighted by Crippen LogP contribution is 2.28. The van der Waals surface area contributed by atoms with E-state index in [1.54, 1.807) is 50.2 Å². The number of aryl methyl sites for hydroxylation is 3. The molecule has 0 spiro atoms. The van der Waals surface area contributed by atoms with Crippen molar-refractivity contribution in [2.24, 2.45) is 0 Å². The molecule has 2 rings (SSSR count). The van der Waals surface area contributed by atoms with Crippen molar-refractivity contribution in [2.45, 2.75) is 30.6 Å². The van der Waals surface area contributed by atoms with Crippen LogP contribution in [0.25, 0.3) is 0 Å². The van der Waals surface area contributed by atoms with Crippen LogP contribution in [-0.2, 0) is 9.84 Å². The van der Waals surface area contributed by atoms with Crippen molar-refractivity contribution in [2.75, 3.05) is 5.73 Å². The summed E-state index contributed by atoms with van der Waals surface area (Å²) in [6.45, 7) is 5.46. The van der Waals surface area contributed by atoms with Gasteiger partial charge in [-0.2, -0.15) is 0 Å². The van der Waals surface area contributed by atoms with Crippen molar-refractivity contribution in [3.05, 3.63) is 53.1 Å². The quantitative estimate of drug-likeness (QED) is 0.857. The van der Waals surface area contributed by atoms with Gasteiger partial charge in [0.15, 0.2) is 0 Å². The van der Waals surface area contributed by atoms with E-state index in [0.29, 0.717) is 26.6 Å². The molecule has 0 bridgehead atoms. The number of rotatable bonds is 2. The lowest BCUT2D eigenvalue weighted by molar-refractivity contribution is 0.595. The van der Waals surface area contributed by atoms with E-state index in [2.05, 4.69) is 0 Å². The summed E-state index contributed by atoms with van der Waals surface area (Å²) < 4.78 is 25.3. The molecule has 0 unspecified atom stereocenters. The highest BCUT2D eigenvalue weighted by molar-refractivity contribution is 7.91. The second kappa shape index (κ2) is 4.70. The van der Waals surface area contributed by atoms with E-state index in [4.69, 9.17) is 5.73 Å². The van der Waals surface area contributed by atoms with Crippen LogP contribution >= 0.6 is 0 Å². The van der Waals surface area contributed by atoms with Crippen LogP contribution in [-0.4, -0.2) is 8.42 Å². The van der Waals surface area contributed by atoms with E-state index < -0.39 is 9.84 Å². The number of nitrogens with two attached hydrogens (primary N) is 1. The third-order valence-corrected chi connectivity index (χ3v) is 5.16. The Bertz CT molecular complexity index is 693. The summed E-state index contributed by atoms with van der Waals surface area (Å²) in [5.41, 5.74) is 8.71. The van der Waals surface area contributed by atoms with Gasteiger partial charge in [-0.1, -0.05) is 17.7 Å². The van der Waals surface area contributed by atoms with E-state index in [1.165, 1.54) is 0 Å². The van der Waals surface area contributed by atoms with Crippen LogP contribution in [0.2, 0.25) is 0 Å². The van der Waals surface area contributed by atoms with Crippen molar-refractivity contribution in [1.82, 2.24) is 0 Å². The number of benzene rings is 2. The molecular formula is C15H17NO2S. The first kappa shape index (κ1) is 13.6. The van der Waals surface area contributed by atoms with Crippen LogP contribution in [0.3, 0.4) is 0 Å². The fourth-order valence-corrected chi connectivity index (χ4v) is 3.94. The minimum atomic E-state index is -3.49. The lowest BCUT2D eigenvalue weighted by Gasteiger charge is -2.12. The number of nitrogen functional groups attached to an aromatic ring is 1. The SMILES string of the molecule is Cc1ccc(S(=O)(=O)c2c(C)cc(N)cc2C)cc1. The second-order valence-electron chi connectivity index (χ2n) is 4.80. The van der Waals surface area contributed by atoms with Gasteiger partial charge in [0.25, 0.3) is 0 Å². The molecule has 3 nitrogen and oxygen atoms in total. The second-order valence-corrected chi connectivity index (χ2v) is 6.69. The van der Waals surface area contributed by atoms with E-state index >= 15 is 0 Å². The van der Waals surface area contributed by atoms with Gasteiger partial charge in [0.05, 0.1) is 9.79 Å². The summed E-state index contributed by atoms with van der Waals surface area (Å²) in [6.07, 6.45) is 0. The summed E-state index contributed by atoms with van der Waals surface area (Å²) in [4.78, 5) is 0.666. The lowest BCUT2D eigenvalue weighted by atomic mass is 10.1. The fourth-order valence-electron chi connectivity index (χ4n) is 2.24. The first-order valence-electron chi connectivity index (χ1n) is 6.01. The van der Waals surface area contributed by atoms with E-state index in [0.717, 1.165) is 5.56 Å². The first-order chi connectivity index (χ1) is 8.82. The fraction of sp³-hybridized carbons (Fsp3) is 0.200. The van der Waals surface area contributed by atoms with Crippen LogP contribution in [0.5, 0.6) is 0 Å². The number of hydrogen-bond acceptors (Lipinski definition) is 3. The molecule has 4 heteroatoms. The van der Waals surface area contributed by atoms with Crippen molar-refractivity contribution in [3.8, 4) is 0 Å². The lowest BCUT2D eigenvalue weighted by Crippen LogP contribution is -2.07. The monoisotopic (exact) mass is 275 g/mol. The molecule has 2 N–H and O–H groups in total. The summed E-state index contributed by atoms with van der Waals surface area (Å²) in [6, 6.07) is 10.3. The smallest absolute Gasteiger partial charge is 0.207 e. The average molecular weight is 275 g/mol. The molecule has 0 saturated carbocycles. The van der Waals surface area contributed by atoms with Gasteiger partial charge in [0, 0.05) is 5.69 Å². The first-order valence-corrected chi connectivity index (χ1v) is 7.49. The average Bonchev–Trinajstić information content (AvgIpc) is 2.27. The summed E-state index contributed by atoms with van der Waals surface area (Å²) in [5, 5.41) is 0. The van der Waals surface area contributed by atoms with Crippen LogP contribution < -0.4 is 5.73 Å². The Balaban J connectivity index is 2.67.